The van der Waals surface area contributed by atoms with E-state index in [1.54, 1.807) is 0 Å². The standard InChI is InChI=1S/C19H42O2Si2/c1-7-22(8-2,9-3)20-19(17-18-15-13-14-16-18)21-23(10-4,11-5)12-6/h18-19H,7-17H2,1-6H3. The van der Waals surface area contributed by atoms with Crippen molar-refractivity contribution in [2.24, 2.45) is 5.92 Å². The summed E-state index contributed by atoms with van der Waals surface area (Å²) in [7, 11) is -3.19. The Bertz CT molecular complexity index is 270. The lowest BCUT2D eigenvalue weighted by molar-refractivity contribution is -0.0302. The molecule has 0 saturated heterocycles. The second-order valence-electron chi connectivity index (χ2n) is 7.54. The Morgan fingerprint density at radius 3 is 1.35 bits per heavy atom. The van der Waals surface area contributed by atoms with Crippen molar-refractivity contribution >= 4 is 16.6 Å². The van der Waals surface area contributed by atoms with Crippen LogP contribution in [0.25, 0.3) is 0 Å². The predicted octanol–water partition coefficient (Wildman–Crippen LogP) is 6.94. The molecule has 0 N–H and O–H groups in total. The van der Waals surface area contributed by atoms with Crippen molar-refractivity contribution in [3.63, 3.8) is 0 Å². The summed E-state index contributed by atoms with van der Waals surface area (Å²) >= 11 is 0. The molecular formula is C19H42O2Si2. The summed E-state index contributed by atoms with van der Waals surface area (Å²) in [6, 6.07) is 7.35. The molecule has 23 heavy (non-hydrogen) atoms. The third-order valence-electron chi connectivity index (χ3n) is 6.63. The van der Waals surface area contributed by atoms with Gasteiger partial charge in [0, 0.05) is 0 Å². The summed E-state index contributed by atoms with van der Waals surface area (Å²) in [5.41, 5.74) is 0. The van der Waals surface area contributed by atoms with Crippen LogP contribution in [0.4, 0.5) is 0 Å². The quantitative estimate of drug-likeness (QED) is 0.278. The minimum Gasteiger partial charge on any atom is -0.393 e. The molecular weight excluding hydrogens is 316 g/mol. The Hall–Kier alpha value is 0.354. The summed E-state index contributed by atoms with van der Waals surface area (Å²) in [6.45, 7) is 14.0. The SMILES string of the molecule is CC[Si](CC)(CC)OC(CC1CCCC1)O[Si](CC)(CC)CC. The highest BCUT2D eigenvalue weighted by atomic mass is 28.4. The minimum atomic E-state index is -1.59. The van der Waals surface area contributed by atoms with Crippen LogP contribution in [0.15, 0.2) is 0 Å². The Balaban J connectivity index is 2.86. The highest BCUT2D eigenvalue weighted by molar-refractivity contribution is 6.74. The van der Waals surface area contributed by atoms with Crippen LogP contribution in [0.3, 0.4) is 0 Å². The maximum Gasteiger partial charge on any atom is 0.195 e. The van der Waals surface area contributed by atoms with E-state index in [4.69, 9.17) is 8.85 Å². The summed E-state index contributed by atoms with van der Waals surface area (Å²) < 4.78 is 13.7. The van der Waals surface area contributed by atoms with Crippen molar-refractivity contribution in [2.45, 2.75) is 116 Å². The van der Waals surface area contributed by atoms with E-state index in [0.717, 1.165) is 12.3 Å². The lowest BCUT2D eigenvalue weighted by atomic mass is 10.0. The molecule has 0 aliphatic heterocycles. The molecule has 4 heteroatoms. The molecule has 0 bridgehead atoms. The molecule has 138 valence electrons. The molecule has 0 spiro atoms. The number of hydrogen-bond acceptors (Lipinski definition) is 2. The molecule has 1 fully saturated rings. The average Bonchev–Trinajstić information content (AvgIpc) is 3.10. The lowest BCUT2D eigenvalue weighted by Crippen LogP contribution is -2.47. The van der Waals surface area contributed by atoms with Crippen LogP contribution in [0.2, 0.25) is 36.3 Å². The van der Waals surface area contributed by atoms with Gasteiger partial charge in [-0.2, -0.15) is 0 Å². The van der Waals surface area contributed by atoms with E-state index in [2.05, 4.69) is 41.5 Å². The van der Waals surface area contributed by atoms with Gasteiger partial charge in [0.1, 0.15) is 6.29 Å². The first-order valence-electron chi connectivity index (χ1n) is 10.4. The Kier molecular flexibility index (Phi) is 9.65. The van der Waals surface area contributed by atoms with Crippen LogP contribution in [0.1, 0.15) is 73.6 Å². The fourth-order valence-corrected chi connectivity index (χ4v) is 9.70. The van der Waals surface area contributed by atoms with Crippen LogP contribution in [0.5, 0.6) is 0 Å². The molecule has 0 atom stereocenters. The van der Waals surface area contributed by atoms with Crippen LogP contribution in [0, 0.1) is 5.92 Å². The van der Waals surface area contributed by atoms with Crippen molar-refractivity contribution in [2.75, 3.05) is 0 Å². The van der Waals surface area contributed by atoms with Gasteiger partial charge in [-0.05, 0) is 48.6 Å². The third-order valence-corrected chi connectivity index (χ3v) is 15.9. The van der Waals surface area contributed by atoms with Gasteiger partial charge in [0.15, 0.2) is 16.6 Å². The maximum atomic E-state index is 6.86. The summed E-state index contributed by atoms with van der Waals surface area (Å²) in [6.07, 6.45) is 6.85. The van der Waals surface area contributed by atoms with Gasteiger partial charge in [-0.1, -0.05) is 67.2 Å². The smallest absolute Gasteiger partial charge is 0.195 e. The second-order valence-corrected chi connectivity index (χ2v) is 17.0. The minimum absolute atomic E-state index is 0.0936. The van der Waals surface area contributed by atoms with Crippen LogP contribution >= 0.6 is 0 Å². The average molecular weight is 359 g/mol. The summed E-state index contributed by atoms with van der Waals surface area (Å²) in [5.74, 6) is 0.842. The monoisotopic (exact) mass is 358 g/mol. The molecule has 1 aliphatic carbocycles. The van der Waals surface area contributed by atoms with Gasteiger partial charge < -0.3 is 8.85 Å². The predicted molar refractivity (Wildman–Crippen MR) is 107 cm³/mol. The molecule has 0 amide bonds. The number of hydrogen-bond donors (Lipinski definition) is 0. The molecule has 1 aliphatic rings. The lowest BCUT2D eigenvalue weighted by Gasteiger charge is -2.39. The fourth-order valence-electron chi connectivity index (χ4n) is 4.20. The zero-order chi connectivity index (χ0) is 17.3. The van der Waals surface area contributed by atoms with Crippen molar-refractivity contribution in [1.82, 2.24) is 0 Å². The van der Waals surface area contributed by atoms with Crippen LogP contribution in [-0.2, 0) is 8.85 Å². The second kappa shape index (κ2) is 10.4. The first-order chi connectivity index (χ1) is 11.0. The zero-order valence-corrected chi connectivity index (χ0v) is 18.7. The van der Waals surface area contributed by atoms with E-state index in [0.29, 0.717) is 0 Å². The molecule has 0 aromatic carbocycles. The molecule has 0 aromatic heterocycles. The molecule has 0 aromatic rings. The molecule has 0 heterocycles. The van der Waals surface area contributed by atoms with E-state index >= 15 is 0 Å². The molecule has 1 saturated carbocycles. The van der Waals surface area contributed by atoms with Crippen molar-refractivity contribution in [1.29, 1.82) is 0 Å². The third kappa shape index (κ3) is 5.98. The summed E-state index contributed by atoms with van der Waals surface area (Å²) in [5, 5.41) is 0. The molecule has 1 rings (SSSR count). The van der Waals surface area contributed by atoms with E-state index in [-0.39, 0.29) is 6.29 Å². The van der Waals surface area contributed by atoms with Gasteiger partial charge in [0.05, 0.1) is 0 Å². The van der Waals surface area contributed by atoms with Gasteiger partial charge in [-0.25, -0.2) is 0 Å². The van der Waals surface area contributed by atoms with Gasteiger partial charge >= 0.3 is 0 Å². The van der Waals surface area contributed by atoms with E-state index in [1.165, 1.54) is 61.9 Å². The number of rotatable bonds is 12. The maximum absolute atomic E-state index is 6.86. The normalized spacial score (nSPS) is 17.3. The van der Waals surface area contributed by atoms with Gasteiger partial charge in [0.25, 0.3) is 0 Å². The van der Waals surface area contributed by atoms with Crippen molar-refractivity contribution in [3.8, 4) is 0 Å². The van der Waals surface area contributed by atoms with Crippen LogP contribution < -0.4 is 0 Å². The Morgan fingerprint density at radius 1 is 0.696 bits per heavy atom. The van der Waals surface area contributed by atoms with Gasteiger partial charge in [0.2, 0.25) is 0 Å². The molecule has 0 unspecified atom stereocenters. The van der Waals surface area contributed by atoms with Crippen molar-refractivity contribution < 1.29 is 8.85 Å². The summed E-state index contributed by atoms with van der Waals surface area (Å²) in [4.78, 5) is 0. The Morgan fingerprint density at radius 2 is 1.04 bits per heavy atom. The van der Waals surface area contributed by atoms with Gasteiger partial charge in [-0.15, -0.1) is 0 Å². The van der Waals surface area contributed by atoms with Crippen LogP contribution in [-0.4, -0.2) is 22.9 Å². The molecule has 0 radical (unpaired) electrons. The fraction of sp³-hybridized carbons (Fsp3) is 1.00. The molecule has 2 nitrogen and oxygen atoms in total. The van der Waals surface area contributed by atoms with Gasteiger partial charge in [-0.3, -0.25) is 0 Å². The van der Waals surface area contributed by atoms with E-state index < -0.39 is 16.6 Å². The first kappa shape index (κ1) is 21.4. The van der Waals surface area contributed by atoms with E-state index in [9.17, 15) is 0 Å². The highest BCUT2D eigenvalue weighted by Crippen LogP contribution is 2.35. The zero-order valence-electron chi connectivity index (χ0n) is 16.7. The highest BCUT2D eigenvalue weighted by Gasteiger charge is 2.38. The van der Waals surface area contributed by atoms with E-state index in [1.807, 2.05) is 0 Å². The Labute approximate surface area is 148 Å². The largest absolute Gasteiger partial charge is 0.393 e. The van der Waals surface area contributed by atoms with Crippen molar-refractivity contribution in [3.05, 3.63) is 0 Å². The first-order valence-corrected chi connectivity index (χ1v) is 15.4. The topological polar surface area (TPSA) is 18.5 Å².